The van der Waals surface area contributed by atoms with Crippen molar-refractivity contribution in [3.8, 4) is 11.3 Å². The molecule has 1 saturated heterocycles. The minimum absolute atomic E-state index is 0.00340. The molecule has 1 aromatic carbocycles. The first kappa shape index (κ1) is 21.4. The Bertz CT molecular complexity index is 985. The third-order valence-electron chi connectivity index (χ3n) is 4.76. The molecule has 1 fully saturated rings. The van der Waals surface area contributed by atoms with E-state index in [-0.39, 0.29) is 29.7 Å². The highest BCUT2D eigenvalue weighted by Gasteiger charge is 2.32. The maximum Gasteiger partial charge on any atom is 0.416 e. The molecule has 1 unspecified atom stereocenters. The van der Waals surface area contributed by atoms with Crippen LogP contribution in [0.3, 0.4) is 0 Å². The zero-order valence-corrected chi connectivity index (χ0v) is 16.5. The first-order valence-corrected chi connectivity index (χ1v) is 11.0. The predicted octanol–water partition coefficient (Wildman–Crippen LogP) is 3.51. The predicted molar refractivity (Wildman–Crippen MR) is 101 cm³/mol. The molecule has 0 radical (unpaired) electrons. The summed E-state index contributed by atoms with van der Waals surface area (Å²) in [5, 5.41) is 0. The summed E-state index contributed by atoms with van der Waals surface area (Å²) in [6.45, 7) is 0.556. The summed E-state index contributed by atoms with van der Waals surface area (Å²) >= 11 is 0. The van der Waals surface area contributed by atoms with Crippen molar-refractivity contribution < 1.29 is 30.8 Å². The van der Waals surface area contributed by atoms with Crippen LogP contribution in [0.15, 0.2) is 40.8 Å². The monoisotopic (exact) mass is 430 g/mol. The van der Waals surface area contributed by atoms with Crippen molar-refractivity contribution in [2.24, 2.45) is 0 Å². The number of hydrogen-bond acceptors (Lipinski definition) is 4. The molecule has 1 aliphatic heterocycles. The van der Waals surface area contributed by atoms with Crippen LogP contribution in [-0.4, -0.2) is 44.6 Å². The van der Waals surface area contributed by atoms with Crippen LogP contribution in [0.4, 0.5) is 13.2 Å². The molecule has 1 atom stereocenters. The zero-order valence-electron chi connectivity index (χ0n) is 15.7. The van der Waals surface area contributed by atoms with Gasteiger partial charge in [-0.15, -0.1) is 0 Å². The van der Waals surface area contributed by atoms with Crippen LogP contribution < -0.4 is 4.72 Å². The number of carbonyl (C=O) groups is 1. The number of benzene rings is 1. The number of hydrogen-bond donors (Lipinski definition) is 1. The van der Waals surface area contributed by atoms with Crippen molar-refractivity contribution in [2.75, 3.05) is 19.3 Å². The summed E-state index contributed by atoms with van der Waals surface area (Å²) in [7, 11) is -3.39. The first-order chi connectivity index (χ1) is 13.5. The second kappa shape index (κ2) is 8.19. The Morgan fingerprint density at radius 3 is 2.69 bits per heavy atom. The van der Waals surface area contributed by atoms with Gasteiger partial charge in [-0.1, -0.05) is 12.1 Å². The van der Waals surface area contributed by atoms with Crippen LogP contribution in [0.5, 0.6) is 0 Å². The van der Waals surface area contributed by atoms with E-state index in [1.165, 1.54) is 24.3 Å². The maximum absolute atomic E-state index is 12.9. The van der Waals surface area contributed by atoms with Crippen LogP contribution in [0.1, 0.15) is 35.4 Å². The Morgan fingerprint density at radius 1 is 1.24 bits per heavy atom. The fourth-order valence-corrected chi connectivity index (χ4v) is 3.82. The van der Waals surface area contributed by atoms with Gasteiger partial charge < -0.3 is 9.32 Å². The molecule has 10 heteroatoms. The molecule has 29 heavy (non-hydrogen) atoms. The van der Waals surface area contributed by atoms with Crippen molar-refractivity contribution in [3.05, 3.63) is 47.7 Å². The number of amides is 1. The number of furan rings is 1. The molecule has 0 bridgehead atoms. The summed E-state index contributed by atoms with van der Waals surface area (Å²) in [5.41, 5.74) is -0.588. The van der Waals surface area contributed by atoms with Gasteiger partial charge in [-0.25, -0.2) is 13.1 Å². The lowest BCUT2D eigenvalue weighted by Gasteiger charge is -2.35. The van der Waals surface area contributed by atoms with E-state index in [0.717, 1.165) is 31.2 Å². The summed E-state index contributed by atoms with van der Waals surface area (Å²) < 4.78 is 69.5. The molecule has 158 valence electrons. The number of likely N-dealkylation sites (tertiary alicyclic amines) is 1. The fourth-order valence-electron chi connectivity index (χ4n) is 3.33. The Morgan fingerprint density at radius 2 is 2.00 bits per heavy atom. The van der Waals surface area contributed by atoms with Gasteiger partial charge in [-0.2, -0.15) is 13.2 Å². The second-order valence-electron chi connectivity index (χ2n) is 7.01. The minimum atomic E-state index is -4.48. The Kier molecular flexibility index (Phi) is 6.04. The topological polar surface area (TPSA) is 79.6 Å². The van der Waals surface area contributed by atoms with E-state index in [9.17, 15) is 26.4 Å². The highest BCUT2D eigenvalue weighted by molar-refractivity contribution is 7.88. The van der Waals surface area contributed by atoms with E-state index in [4.69, 9.17) is 4.42 Å². The molecule has 2 aromatic rings. The number of sulfonamides is 1. The van der Waals surface area contributed by atoms with Gasteiger partial charge in [0.15, 0.2) is 5.76 Å². The van der Waals surface area contributed by atoms with Gasteiger partial charge in [0.1, 0.15) is 5.76 Å². The fraction of sp³-hybridized carbons (Fsp3) is 0.421. The largest absolute Gasteiger partial charge is 0.451 e. The SMILES string of the molecule is CS(=O)(=O)NCC1CCCCN1C(=O)c1ccc(-c2cccc(C(F)(F)F)c2)o1. The average molecular weight is 430 g/mol. The van der Waals surface area contributed by atoms with Gasteiger partial charge in [0.25, 0.3) is 5.91 Å². The molecular weight excluding hydrogens is 409 g/mol. The van der Waals surface area contributed by atoms with Crippen LogP contribution in [-0.2, 0) is 16.2 Å². The van der Waals surface area contributed by atoms with Crippen LogP contribution >= 0.6 is 0 Å². The van der Waals surface area contributed by atoms with E-state index in [1.54, 1.807) is 4.90 Å². The standard InChI is InChI=1S/C19H21F3N2O4S/c1-29(26,27)23-12-15-7-2-3-10-24(15)18(25)17-9-8-16(28-17)13-5-4-6-14(11-13)19(20,21)22/h4-6,8-9,11,15,23H,2-3,7,10,12H2,1H3. The van der Waals surface area contributed by atoms with Gasteiger partial charge in [-0.3, -0.25) is 4.79 Å². The summed E-state index contributed by atoms with van der Waals surface area (Å²) in [6, 6.07) is 7.25. The molecular formula is C19H21F3N2O4S. The van der Waals surface area contributed by atoms with Crippen LogP contribution in [0.25, 0.3) is 11.3 Å². The third kappa shape index (κ3) is 5.39. The van der Waals surface area contributed by atoms with Gasteiger partial charge in [0.2, 0.25) is 10.0 Å². The van der Waals surface area contributed by atoms with Crippen molar-refractivity contribution in [1.29, 1.82) is 0 Å². The maximum atomic E-state index is 12.9. The van der Waals surface area contributed by atoms with E-state index in [1.807, 2.05) is 0 Å². The number of rotatable bonds is 5. The van der Waals surface area contributed by atoms with Gasteiger partial charge in [0.05, 0.1) is 11.8 Å². The molecule has 2 heterocycles. The molecule has 0 saturated carbocycles. The number of nitrogens with one attached hydrogen (secondary N) is 1. The number of alkyl halides is 3. The second-order valence-corrected chi connectivity index (χ2v) is 8.84. The highest BCUT2D eigenvalue weighted by Crippen LogP contribution is 2.33. The van der Waals surface area contributed by atoms with Crippen molar-refractivity contribution >= 4 is 15.9 Å². The summed E-state index contributed by atoms with van der Waals surface area (Å²) in [4.78, 5) is 14.4. The lowest BCUT2D eigenvalue weighted by molar-refractivity contribution is -0.137. The molecule has 3 rings (SSSR count). The summed E-state index contributed by atoms with van der Waals surface area (Å²) in [6.07, 6.45) is -1.13. The molecule has 1 N–H and O–H groups in total. The van der Waals surface area contributed by atoms with Crippen molar-refractivity contribution in [3.63, 3.8) is 0 Å². The molecule has 0 spiro atoms. The Labute approximate surface area is 166 Å². The lowest BCUT2D eigenvalue weighted by Crippen LogP contribution is -2.49. The minimum Gasteiger partial charge on any atom is -0.451 e. The first-order valence-electron chi connectivity index (χ1n) is 9.08. The molecule has 1 amide bonds. The molecule has 1 aliphatic rings. The van der Waals surface area contributed by atoms with Gasteiger partial charge in [0, 0.05) is 24.7 Å². The number of carbonyl (C=O) groups excluding carboxylic acids is 1. The molecule has 6 nitrogen and oxygen atoms in total. The summed E-state index contributed by atoms with van der Waals surface area (Å²) in [5.74, 6) is -0.255. The quantitative estimate of drug-likeness (QED) is 0.787. The lowest BCUT2D eigenvalue weighted by atomic mass is 10.0. The van der Waals surface area contributed by atoms with Gasteiger partial charge >= 0.3 is 6.18 Å². The van der Waals surface area contributed by atoms with E-state index in [0.29, 0.717) is 13.0 Å². The van der Waals surface area contributed by atoms with Crippen molar-refractivity contribution in [1.82, 2.24) is 9.62 Å². The Hall–Kier alpha value is -2.33. The zero-order chi connectivity index (χ0) is 21.2. The van der Waals surface area contributed by atoms with E-state index >= 15 is 0 Å². The van der Waals surface area contributed by atoms with Gasteiger partial charge in [-0.05, 0) is 43.5 Å². The molecule has 0 aliphatic carbocycles. The average Bonchev–Trinajstić information content (AvgIpc) is 3.15. The van der Waals surface area contributed by atoms with E-state index < -0.39 is 27.7 Å². The number of nitrogens with zero attached hydrogens (tertiary/aromatic N) is 1. The Balaban J connectivity index is 1.79. The smallest absolute Gasteiger partial charge is 0.416 e. The highest BCUT2D eigenvalue weighted by atomic mass is 32.2. The number of piperidine rings is 1. The normalized spacial score (nSPS) is 18.1. The number of halogens is 3. The third-order valence-corrected chi connectivity index (χ3v) is 5.45. The van der Waals surface area contributed by atoms with Crippen LogP contribution in [0.2, 0.25) is 0 Å². The van der Waals surface area contributed by atoms with Crippen molar-refractivity contribution in [2.45, 2.75) is 31.5 Å². The van der Waals surface area contributed by atoms with E-state index in [2.05, 4.69) is 4.72 Å². The molecule has 1 aromatic heterocycles. The van der Waals surface area contributed by atoms with Crippen LogP contribution in [0, 0.1) is 0 Å².